The molecule has 0 unspecified atom stereocenters. The first kappa shape index (κ1) is 10.5. The lowest BCUT2D eigenvalue weighted by atomic mass is 9.81. The Kier molecular flexibility index (Phi) is 2.64. The van der Waals surface area contributed by atoms with Gasteiger partial charge in [-0.15, -0.1) is 0 Å². The van der Waals surface area contributed by atoms with E-state index in [-0.39, 0.29) is 5.41 Å². The Morgan fingerprint density at radius 1 is 1.46 bits per heavy atom. The third-order valence-electron chi connectivity index (χ3n) is 2.33. The van der Waals surface area contributed by atoms with Crippen LogP contribution in [-0.2, 0) is 4.79 Å². The Balaban J connectivity index is 2.34. The Morgan fingerprint density at radius 2 is 2.00 bits per heavy atom. The van der Waals surface area contributed by atoms with E-state index in [1.54, 1.807) is 0 Å². The average molecular weight is 187 g/mol. The summed E-state index contributed by atoms with van der Waals surface area (Å²) >= 11 is 0. The summed E-state index contributed by atoms with van der Waals surface area (Å²) in [5, 5.41) is 2.65. The number of nitrogens with one attached hydrogen (secondary N) is 1. The highest BCUT2D eigenvalue weighted by Crippen LogP contribution is 2.35. The van der Waals surface area contributed by atoms with Crippen LogP contribution in [0.2, 0.25) is 0 Å². The van der Waals surface area contributed by atoms with E-state index in [0.717, 1.165) is 6.42 Å². The van der Waals surface area contributed by atoms with Gasteiger partial charge in [-0.1, -0.05) is 20.8 Å². The van der Waals surface area contributed by atoms with Crippen LogP contribution in [0.5, 0.6) is 0 Å². The predicted molar refractivity (Wildman–Crippen MR) is 50.2 cm³/mol. The summed E-state index contributed by atoms with van der Waals surface area (Å²) in [6.07, 6.45) is 1.62. The van der Waals surface area contributed by atoms with Gasteiger partial charge in [-0.2, -0.15) is 0 Å². The SMILES string of the molecule is CC(C)(C)CNC(=O)C1(F)CCC1. The predicted octanol–water partition coefficient (Wildman–Crippen LogP) is 2.04. The molecule has 1 aliphatic rings. The highest BCUT2D eigenvalue weighted by molar-refractivity contribution is 5.85. The Labute approximate surface area is 78.9 Å². The van der Waals surface area contributed by atoms with Crippen molar-refractivity contribution in [2.75, 3.05) is 6.54 Å². The van der Waals surface area contributed by atoms with Gasteiger partial charge in [0.05, 0.1) is 0 Å². The lowest BCUT2D eigenvalue weighted by Gasteiger charge is -2.33. The molecule has 76 valence electrons. The Bertz CT molecular complexity index is 203. The van der Waals surface area contributed by atoms with Crippen LogP contribution in [0.15, 0.2) is 0 Å². The summed E-state index contributed by atoms with van der Waals surface area (Å²) in [5.41, 5.74) is -1.53. The molecule has 3 heteroatoms. The second kappa shape index (κ2) is 3.28. The molecule has 1 aliphatic carbocycles. The highest BCUT2D eigenvalue weighted by atomic mass is 19.1. The van der Waals surface area contributed by atoms with Crippen LogP contribution in [0.1, 0.15) is 40.0 Å². The largest absolute Gasteiger partial charge is 0.353 e. The second-order valence-corrected chi connectivity index (χ2v) is 5.06. The lowest BCUT2D eigenvalue weighted by Crippen LogP contribution is -2.49. The molecule has 0 bridgehead atoms. The molecule has 1 fully saturated rings. The number of carbonyl (C=O) groups excluding carboxylic acids is 1. The zero-order valence-electron chi connectivity index (χ0n) is 8.61. The summed E-state index contributed by atoms with van der Waals surface area (Å²) < 4.78 is 13.5. The van der Waals surface area contributed by atoms with Crippen molar-refractivity contribution in [3.05, 3.63) is 0 Å². The van der Waals surface area contributed by atoms with E-state index < -0.39 is 11.6 Å². The van der Waals surface area contributed by atoms with Crippen molar-refractivity contribution in [1.82, 2.24) is 5.32 Å². The summed E-state index contributed by atoms with van der Waals surface area (Å²) in [7, 11) is 0. The first-order valence-corrected chi connectivity index (χ1v) is 4.81. The van der Waals surface area contributed by atoms with Crippen molar-refractivity contribution in [2.24, 2.45) is 5.41 Å². The van der Waals surface area contributed by atoms with Crippen molar-refractivity contribution in [3.8, 4) is 0 Å². The maximum Gasteiger partial charge on any atom is 0.257 e. The number of rotatable bonds is 2. The Hall–Kier alpha value is -0.600. The number of carbonyl (C=O) groups is 1. The van der Waals surface area contributed by atoms with Gasteiger partial charge < -0.3 is 5.32 Å². The maximum absolute atomic E-state index is 13.5. The molecule has 0 aromatic rings. The molecule has 0 atom stereocenters. The summed E-state index contributed by atoms with van der Waals surface area (Å²) in [4.78, 5) is 11.3. The smallest absolute Gasteiger partial charge is 0.257 e. The third-order valence-corrected chi connectivity index (χ3v) is 2.33. The van der Waals surface area contributed by atoms with Crippen molar-refractivity contribution >= 4 is 5.91 Å². The van der Waals surface area contributed by atoms with Crippen LogP contribution in [0.3, 0.4) is 0 Å². The van der Waals surface area contributed by atoms with Crippen LogP contribution in [0, 0.1) is 5.41 Å². The van der Waals surface area contributed by atoms with E-state index in [1.165, 1.54) is 0 Å². The van der Waals surface area contributed by atoms with Gasteiger partial charge in [-0.05, 0) is 24.7 Å². The fraction of sp³-hybridized carbons (Fsp3) is 0.900. The molecular formula is C10H18FNO. The first-order chi connectivity index (χ1) is 5.83. The van der Waals surface area contributed by atoms with Gasteiger partial charge in [0.2, 0.25) is 0 Å². The van der Waals surface area contributed by atoms with E-state index in [2.05, 4.69) is 5.32 Å². The normalized spacial score (nSPS) is 20.6. The lowest BCUT2D eigenvalue weighted by molar-refractivity contribution is -0.138. The zero-order valence-corrected chi connectivity index (χ0v) is 8.61. The monoisotopic (exact) mass is 187 g/mol. The molecule has 0 aromatic carbocycles. The van der Waals surface area contributed by atoms with Crippen LogP contribution in [0.25, 0.3) is 0 Å². The molecule has 0 radical (unpaired) electrons. The van der Waals surface area contributed by atoms with Crippen molar-refractivity contribution in [1.29, 1.82) is 0 Å². The van der Waals surface area contributed by atoms with E-state index in [9.17, 15) is 9.18 Å². The standard InChI is InChI=1S/C10H18FNO/c1-9(2,3)7-12-8(13)10(11)5-4-6-10/h4-7H2,1-3H3,(H,12,13). The van der Waals surface area contributed by atoms with Gasteiger partial charge in [-0.25, -0.2) is 4.39 Å². The second-order valence-electron chi connectivity index (χ2n) is 5.06. The minimum atomic E-state index is -1.55. The minimum Gasteiger partial charge on any atom is -0.353 e. The quantitative estimate of drug-likeness (QED) is 0.704. The van der Waals surface area contributed by atoms with E-state index in [1.807, 2.05) is 20.8 Å². The fourth-order valence-electron chi connectivity index (χ4n) is 1.22. The maximum atomic E-state index is 13.5. The van der Waals surface area contributed by atoms with E-state index >= 15 is 0 Å². The minimum absolute atomic E-state index is 0.0236. The van der Waals surface area contributed by atoms with E-state index in [4.69, 9.17) is 0 Å². The van der Waals surface area contributed by atoms with Crippen LogP contribution in [0.4, 0.5) is 4.39 Å². The van der Waals surface area contributed by atoms with E-state index in [0.29, 0.717) is 19.4 Å². The molecule has 1 saturated carbocycles. The number of halogens is 1. The number of alkyl halides is 1. The number of hydrogen-bond acceptors (Lipinski definition) is 1. The van der Waals surface area contributed by atoms with Crippen molar-refractivity contribution in [2.45, 2.75) is 45.7 Å². The summed E-state index contributed by atoms with van der Waals surface area (Å²) in [6.45, 7) is 6.58. The van der Waals surface area contributed by atoms with Crippen LogP contribution < -0.4 is 5.32 Å². The molecule has 0 aromatic heterocycles. The average Bonchev–Trinajstić information content (AvgIpc) is 1.94. The molecule has 1 rings (SSSR count). The van der Waals surface area contributed by atoms with Gasteiger partial charge in [0.15, 0.2) is 5.67 Å². The molecule has 0 aliphatic heterocycles. The fourth-order valence-corrected chi connectivity index (χ4v) is 1.22. The van der Waals surface area contributed by atoms with Crippen LogP contribution >= 0.6 is 0 Å². The molecule has 2 nitrogen and oxygen atoms in total. The summed E-state index contributed by atoms with van der Waals surface area (Å²) in [5.74, 6) is -0.423. The van der Waals surface area contributed by atoms with Gasteiger partial charge in [0.25, 0.3) is 5.91 Å². The summed E-state index contributed by atoms with van der Waals surface area (Å²) in [6, 6.07) is 0. The molecule has 1 amide bonds. The molecule has 0 heterocycles. The van der Waals surface area contributed by atoms with Gasteiger partial charge >= 0.3 is 0 Å². The first-order valence-electron chi connectivity index (χ1n) is 4.81. The molecule has 1 N–H and O–H groups in total. The van der Waals surface area contributed by atoms with Crippen molar-refractivity contribution < 1.29 is 9.18 Å². The van der Waals surface area contributed by atoms with Gasteiger partial charge in [0, 0.05) is 6.54 Å². The molecule has 0 saturated heterocycles. The molecule has 0 spiro atoms. The molecule has 13 heavy (non-hydrogen) atoms. The zero-order chi connectivity index (χ0) is 10.1. The molecular weight excluding hydrogens is 169 g/mol. The van der Waals surface area contributed by atoms with Crippen molar-refractivity contribution in [3.63, 3.8) is 0 Å². The van der Waals surface area contributed by atoms with Gasteiger partial charge in [-0.3, -0.25) is 4.79 Å². The number of amides is 1. The topological polar surface area (TPSA) is 29.1 Å². The highest BCUT2D eigenvalue weighted by Gasteiger charge is 2.44. The van der Waals surface area contributed by atoms with Gasteiger partial charge in [0.1, 0.15) is 0 Å². The Morgan fingerprint density at radius 3 is 2.31 bits per heavy atom. The number of hydrogen-bond donors (Lipinski definition) is 1. The van der Waals surface area contributed by atoms with Crippen LogP contribution in [-0.4, -0.2) is 18.1 Å². The third kappa shape index (κ3) is 2.68.